The zero-order chi connectivity index (χ0) is 21.8. The number of carbonyl (C=O) groups excluding carboxylic acids is 3. The predicted molar refractivity (Wildman–Crippen MR) is 117 cm³/mol. The summed E-state index contributed by atoms with van der Waals surface area (Å²) in [5, 5.41) is 3.02. The van der Waals surface area contributed by atoms with Gasteiger partial charge in [0, 0.05) is 25.7 Å². The van der Waals surface area contributed by atoms with Gasteiger partial charge in [0.25, 0.3) is 5.91 Å². The van der Waals surface area contributed by atoms with Crippen molar-refractivity contribution in [3.8, 4) is 5.75 Å². The van der Waals surface area contributed by atoms with Crippen LogP contribution in [0.15, 0.2) is 30.3 Å². The van der Waals surface area contributed by atoms with Crippen molar-refractivity contribution in [1.29, 1.82) is 0 Å². The molecule has 30 heavy (non-hydrogen) atoms. The van der Waals surface area contributed by atoms with Crippen LogP contribution in [0.1, 0.15) is 51.0 Å². The molecule has 0 saturated carbocycles. The minimum atomic E-state index is -0.533. The van der Waals surface area contributed by atoms with E-state index in [1.807, 2.05) is 0 Å². The molecular formula is C23H33N3O4. The molecule has 7 nitrogen and oxygen atoms in total. The summed E-state index contributed by atoms with van der Waals surface area (Å²) >= 11 is 0. The standard InChI is InChI=1S/C23H33N3O4/c1-2-3-4-5-14-25-23(29)19-7-6-15-26(16-19)22(28)13-10-18-8-11-20(12-9-18)30-17-21(24)27/h8-13,19H,2-7,14-17H2,1H3,(H2,24,27)(H,25,29)/b13-10+. The maximum absolute atomic E-state index is 12.5. The van der Waals surface area contributed by atoms with Gasteiger partial charge >= 0.3 is 0 Å². The van der Waals surface area contributed by atoms with Gasteiger partial charge in [0.05, 0.1) is 5.92 Å². The second-order valence-electron chi connectivity index (χ2n) is 7.63. The molecule has 1 unspecified atom stereocenters. The van der Waals surface area contributed by atoms with E-state index in [1.165, 1.54) is 18.9 Å². The second kappa shape index (κ2) is 12.7. The minimum absolute atomic E-state index is 0.0551. The van der Waals surface area contributed by atoms with Crippen molar-refractivity contribution in [2.24, 2.45) is 11.7 Å². The van der Waals surface area contributed by atoms with Crippen molar-refractivity contribution in [2.75, 3.05) is 26.2 Å². The zero-order valence-electron chi connectivity index (χ0n) is 17.8. The number of unbranched alkanes of at least 4 members (excludes halogenated alkanes) is 3. The van der Waals surface area contributed by atoms with Gasteiger partial charge in [-0.2, -0.15) is 0 Å². The summed E-state index contributed by atoms with van der Waals surface area (Å²) in [7, 11) is 0. The van der Waals surface area contributed by atoms with Crippen molar-refractivity contribution in [3.63, 3.8) is 0 Å². The van der Waals surface area contributed by atoms with E-state index in [0.29, 0.717) is 25.4 Å². The predicted octanol–water partition coefficient (Wildman–Crippen LogP) is 2.50. The summed E-state index contributed by atoms with van der Waals surface area (Å²) < 4.78 is 5.21. The molecule has 0 aromatic heterocycles. The number of piperidine rings is 1. The Bertz CT molecular complexity index is 730. The first kappa shape index (κ1) is 23.4. The van der Waals surface area contributed by atoms with Crippen molar-refractivity contribution in [1.82, 2.24) is 10.2 Å². The Morgan fingerprint density at radius 3 is 2.67 bits per heavy atom. The Morgan fingerprint density at radius 1 is 1.20 bits per heavy atom. The third kappa shape index (κ3) is 8.27. The highest BCUT2D eigenvalue weighted by Gasteiger charge is 2.27. The van der Waals surface area contributed by atoms with Crippen molar-refractivity contribution < 1.29 is 19.1 Å². The number of primary amides is 1. The van der Waals surface area contributed by atoms with E-state index < -0.39 is 5.91 Å². The molecule has 1 atom stereocenters. The highest BCUT2D eigenvalue weighted by Crippen LogP contribution is 2.18. The molecule has 3 N–H and O–H groups in total. The molecule has 1 aliphatic heterocycles. The molecule has 7 heteroatoms. The van der Waals surface area contributed by atoms with E-state index >= 15 is 0 Å². The van der Waals surface area contributed by atoms with Crippen molar-refractivity contribution in [3.05, 3.63) is 35.9 Å². The fraction of sp³-hybridized carbons (Fsp3) is 0.522. The van der Waals surface area contributed by atoms with Crippen LogP contribution in [0.4, 0.5) is 0 Å². The fourth-order valence-corrected chi connectivity index (χ4v) is 3.40. The first-order valence-corrected chi connectivity index (χ1v) is 10.8. The molecule has 164 valence electrons. The summed E-state index contributed by atoms with van der Waals surface area (Å²) in [6, 6.07) is 7.03. The van der Waals surface area contributed by atoms with E-state index in [-0.39, 0.29) is 24.3 Å². The Hall–Kier alpha value is -2.83. The summed E-state index contributed by atoms with van der Waals surface area (Å²) in [5.74, 6) is -0.167. The minimum Gasteiger partial charge on any atom is -0.484 e. The van der Waals surface area contributed by atoms with Crippen LogP contribution in [0.2, 0.25) is 0 Å². The molecule has 0 radical (unpaired) electrons. The molecular weight excluding hydrogens is 382 g/mol. The number of nitrogens with zero attached hydrogens (tertiary/aromatic N) is 1. The van der Waals surface area contributed by atoms with Crippen LogP contribution in [-0.4, -0.2) is 48.9 Å². The third-order valence-electron chi connectivity index (χ3n) is 5.11. The number of ether oxygens (including phenoxy) is 1. The topological polar surface area (TPSA) is 102 Å². The summed E-state index contributed by atoms with van der Waals surface area (Å²) in [6.45, 7) is 3.84. The number of rotatable bonds is 11. The smallest absolute Gasteiger partial charge is 0.255 e. The van der Waals surface area contributed by atoms with Gasteiger partial charge in [0.1, 0.15) is 5.75 Å². The lowest BCUT2D eigenvalue weighted by Gasteiger charge is -2.31. The lowest BCUT2D eigenvalue weighted by atomic mass is 9.97. The van der Waals surface area contributed by atoms with Gasteiger partial charge in [0.15, 0.2) is 6.61 Å². The number of amides is 3. The lowest BCUT2D eigenvalue weighted by Crippen LogP contribution is -2.45. The summed E-state index contributed by atoms with van der Waals surface area (Å²) in [6.07, 6.45) is 9.42. The Labute approximate surface area is 178 Å². The number of likely N-dealkylation sites (tertiary alicyclic amines) is 1. The average molecular weight is 416 g/mol. The maximum Gasteiger partial charge on any atom is 0.255 e. The lowest BCUT2D eigenvalue weighted by molar-refractivity contribution is -0.132. The Morgan fingerprint density at radius 2 is 1.97 bits per heavy atom. The highest BCUT2D eigenvalue weighted by molar-refractivity contribution is 5.92. The van der Waals surface area contributed by atoms with Gasteiger partial charge in [-0.15, -0.1) is 0 Å². The van der Waals surface area contributed by atoms with Crippen molar-refractivity contribution >= 4 is 23.8 Å². The van der Waals surface area contributed by atoms with Crippen LogP contribution in [-0.2, 0) is 14.4 Å². The van der Waals surface area contributed by atoms with E-state index in [0.717, 1.165) is 31.2 Å². The van der Waals surface area contributed by atoms with Gasteiger partial charge < -0.3 is 20.7 Å². The third-order valence-corrected chi connectivity index (χ3v) is 5.11. The van der Waals surface area contributed by atoms with E-state index in [2.05, 4.69) is 12.2 Å². The molecule has 0 aliphatic carbocycles. The number of benzene rings is 1. The van der Waals surface area contributed by atoms with Gasteiger partial charge in [-0.1, -0.05) is 38.3 Å². The normalized spacial score (nSPS) is 16.4. The molecule has 1 heterocycles. The van der Waals surface area contributed by atoms with Crippen LogP contribution in [0, 0.1) is 5.92 Å². The molecule has 1 aromatic rings. The highest BCUT2D eigenvalue weighted by atomic mass is 16.5. The number of nitrogens with one attached hydrogen (secondary N) is 1. The number of carbonyl (C=O) groups is 3. The van der Waals surface area contributed by atoms with Gasteiger partial charge in [-0.3, -0.25) is 14.4 Å². The van der Waals surface area contributed by atoms with E-state index in [4.69, 9.17) is 10.5 Å². The molecule has 0 bridgehead atoms. The van der Waals surface area contributed by atoms with Gasteiger partial charge in [0.2, 0.25) is 11.8 Å². The van der Waals surface area contributed by atoms with Crippen LogP contribution < -0.4 is 15.8 Å². The van der Waals surface area contributed by atoms with Crippen LogP contribution in [0.3, 0.4) is 0 Å². The molecule has 1 saturated heterocycles. The second-order valence-corrected chi connectivity index (χ2v) is 7.63. The summed E-state index contributed by atoms with van der Waals surface area (Å²) in [5.41, 5.74) is 5.89. The zero-order valence-corrected chi connectivity index (χ0v) is 17.8. The number of hydrogen-bond donors (Lipinski definition) is 2. The maximum atomic E-state index is 12.5. The van der Waals surface area contributed by atoms with Crippen LogP contribution >= 0.6 is 0 Å². The fourth-order valence-electron chi connectivity index (χ4n) is 3.40. The van der Waals surface area contributed by atoms with Crippen LogP contribution in [0.25, 0.3) is 6.08 Å². The van der Waals surface area contributed by atoms with Crippen LogP contribution in [0.5, 0.6) is 5.75 Å². The largest absolute Gasteiger partial charge is 0.484 e. The van der Waals surface area contributed by atoms with E-state index in [1.54, 1.807) is 35.2 Å². The monoisotopic (exact) mass is 415 g/mol. The first-order valence-electron chi connectivity index (χ1n) is 10.8. The number of nitrogens with two attached hydrogens (primary N) is 1. The molecule has 3 amide bonds. The van der Waals surface area contributed by atoms with Gasteiger partial charge in [-0.05, 0) is 43.0 Å². The molecule has 2 rings (SSSR count). The molecule has 1 fully saturated rings. The molecule has 1 aromatic carbocycles. The first-order chi connectivity index (χ1) is 14.5. The Kier molecular flexibility index (Phi) is 9.91. The molecule has 1 aliphatic rings. The van der Waals surface area contributed by atoms with E-state index in [9.17, 15) is 14.4 Å². The molecule has 0 spiro atoms. The Balaban J connectivity index is 1.80. The average Bonchev–Trinajstić information content (AvgIpc) is 2.76. The quantitative estimate of drug-likeness (QED) is 0.428. The summed E-state index contributed by atoms with van der Waals surface area (Å²) in [4.78, 5) is 37.4. The SMILES string of the molecule is CCCCCCNC(=O)C1CCCN(C(=O)/C=C/c2ccc(OCC(N)=O)cc2)C1. The number of hydrogen-bond acceptors (Lipinski definition) is 4. The van der Waals surface area contributed by atoms with Gasteiger partial charge in [-0.25, -0.2) is 0 Å². The van der Waals surface area contributed by atoms with Crippen molar-refractivity contribution in [2.45, 2.75) is 45.4 Å².